The monoisotopic (exact) mass is 407 g/mol. The minimum absolute atomic E-state index is 0.0320. The van der Waals surface area contributed by atoms with E-state index >= 15 is 0 Å². The number of thioether (sulfide) groups is 1. The highest BCUT2D eigenvalue weighted by Crippen LogP contribution is 2.27. The zero-order valence-corrected chi connectivity index (χ0v) is 17.2. The Morgan fingerprint density at radius 2 is 1.96 bits per heavy atom. The van der Waals surface area contributed by atoms with Crippen LogP contribution in [0.4, 0.5) is 0 Å². The maximum atomic E-state index is 12.8. The molecule has 4 nitrogen and oxygen atoms in total. The molecule has 0 aliphatic rings. The van der Waals surface area contributed by atoms with Crippen LogP contribution in [0.2, 0.25) is 0 Å². The van der Waals surface area contributed by atoms with Gasteiger partial charge in [0.1, 0.15) is 5.82 Å². The highest BCUT2D eigenvalue weighted by molar-refractivity contribution is 7.98. The minimum atomic E-state index is -0.0320. The Hall–Kier alpha value is -2.57. The Bertz CT molecular complexity index is 1090. The van der Waals surface area contributed by atoms with Gasteiger partial charge in [-0.3, -0.25) is 4.79 Å². The van der Waals surface area contributed by atoms with E-state index < -0.39 is 0 Å². The molecule has 0 unspecified atom stereocenters. The molecule has 0 spiro atoms. The highest BCUT2D eigenvalue weighted by atomic mass is 32.2. The van der Waals surface area contributed by atoms with Crippen molar-refractivity contribution in [2.75, 3.05) is 6.54 Å². The van der Waals surface area contributed by atoms with E-state index in [1.54, 1.807) is 23.1 Å². The molecule has 0 atom stereocenters. The number of benzene rings is 2. The molecule has 28 heavy (non-hydrogen) atoms. The molecular formula is C22H21N3OS2. The van der Waals surface area contributed by atoms with Crippen molar-refractivity contribution < 1.29 is 4.79 Å². The number of nitrogens with one attached hydrogen (secondary N) is 1. The fraction of sp³-hybridized carbons (Fsp3) is 0.182. The van der Waals surface area contributed by atoms with Crippen LogP contribution >= 0.6 is 23.1 Å². The lowest BCUT2D eigenvalue weighted by Crippen LogP contribution is -2.27. The van der Waals surface area contributed by atoms with Gasteiger partial charge in [-0.2, -0.15) is 11.3 Å². The number of hydrogen-bond acceptors (Lipinski definition) is 4. The quantitative estimate of drug-likeness (QED) is 0.432. The fourth-order valence-electron chi connectivity index (χ4n) is 3.17. The lowest BCUT2D eigenvalue weighted by molar-refractivity contribution is 0.0949. The number of para-hydroxylation sites is 2. The third kappa shape index (κ3) is 4.13. The predicted octanol–water partition coefficient (Wildman–Crippen LogP) is 5.13. The van der Waals surface area contributed by atoms with Crippen molar-refractivity contribution in [3.63, 3.8) is 0 Å². The molecule has 0 aliphatic heterocycles. The molecule has 1 amide bonds. The van der Waals surface area contributed by atoms with Crippen molar-refractivity contribution in [2.45, 2.75) is 24.1 Å². The molecule has 0 fully saturated rings. The number of aryl methyl sites for hydroxylation is 1. The van der Waals surface area contributed by atoms with Crippen molar-refractivity contribution in [1.82, 2.24) is 14.9 Å². The lowest BCUT2D eigenvalue weighted by Gasteiger charge is -2.11. The largest absolute Gasteiger partial charge is 0.350 e. The highest BCUT2D eigenvalue weighted by Gasteiger charge is 2.12. The van der Waals surface area contributed by atoms with Crippen molar-refractivity contribution >= 4 is 40.0 Å². The molecule has 1 N–H and O–H groups in total. The first kappa shape index (κ1) is 18.8. The van der Waals surface area contributed by atoms with Gasteiger partial charge in [-0.25, -0.2) is 4.98 Å². The van der Waals surface area contributed by atoms with E-state index in [1.165, 1.54) is 5.56 Å². The van der Waals surface area contributed by atoms with Gasteiger partial charge in [0.25, 0.3) is 5.91 Å². The summed E-state index contributed by atoms with van der Waals surface area (Å²) < 4.78 is 2.15. The first-order valence-electron chi connectivity index (χ1n) is 9.15. The van der Waals surface area contributed by atoms with Gasteiger partial charge >= 0.3 is 0 Å². The van der Waals surface area contributed by atoms with Gasteiger partial charge < -0.3 is 9.88 Å². The Labute approximate surface area is 172 Å². The maximum Gasteiger partial charge on any atom is 0.252 e. The van der Waals surface area contributed by atoms with Crippen LogP contribution in [0.1, 0.15) is 21.7 Å². The number of nitrogens with zero attached hydrogens (tertiary/aromatic N) is 2. The number of amides is 1. The van der Waals surface area contributed by atoms with E-state index in [1.807, 2.05) is 49.4 Å². The van der Waals surface area contributed by atoms with Crippen LogP contribution in [0.25, 0.3) is 11.0 Å². The molecule has 4 aromatic rings. The average Bonchev–Trinajstić information content (AvgIpc) is 3.34. The molecule has 0 bridgehead atoms. The average molecular weight is 408 g/mol. The SMILES string of the molecule is Cc1nc2ccccc2n1CCNC(=O)c1ccccc1SCc1ccsc1. The smallest absolute Gasteiger partial charge is 0.252 e. The second-order valence-corrected chi connectivity index (χ2v) is 8.27. The number of rotatable bonds is 7. The summed E-state index contributed by atoms with van der Waals surface area (Å²) in [5, 5.41) is 7.29. The summed E-state index contributed by atoms with van der Waals surface area (Å²) in [5.41, 5.74) is 4.10. The minimum Gasteiger partial charge on any atom is -0.350 e. The van der Waals surface area contributed by atoms with Gasteiger partial charge in [0.15, 0.2) is 0 Å². The van der Waals surface area contributed by atoms with Crippen molar-refractivity contribution in [1.29, 1.82) is 0 Å². The molecular weight excluding hydrogens is 386 g/mol. The molecule has 0 radical (unpaired) electrons. The number of carbonyl (C=O) groups excluding carboxylic acids is 1. The van der Waals surface area contributed by atoms with Gasteiger partial charge in [-0.15, -0.1) is 11.8 Å². The molecule has 142 valence electrons. The van der Waals surface area contributed by atoms with Gasteiger partial charge in [0, 0.05) is 23.7 Å². The molecule has 6 heteroatoms. The first-order valence-corrected chi connectivity index (χ1v) is 11.1. The molecule has 0 aliphatic carbocycles. The first-order chi connectivity index (χ1) is 13.7. The van der Waals surface area contributed by atoms with Crippen LogP contribution in [-0.2, 0) is 12.3 Å². The third-order valence-electron chi connectivity index (χ3n) is 4.57. The Kier molecular flexibility index (Phi) is 5.78. The van der Waals surface area contributed by atoms with Crippen molar-refractivity contribution in [2.24, 2.45) is 0 Å². The summed E-state index contributed by atoms with van der Waals surface area (Å²) in [6, 6.07) is 18.0. The summed E-state index contributed by atoms with van der Waals surface area (Å²) >= 11 is 3.40. The van der Waals surface area contributed by atoms with Gasteiger partial charge in [-0.05, 0) is 53.6 Å². The predicted molar refractivity (Wildman–Crippen MR) is 117 cm³/mol. The summed E-state index contributed by atoms with van der Waals surface area (Å²) in [7, 11) is 0. The van der Waals surface area contributed by atoms with Gasteiger partial charge in [0.05, 0.1) is 16.6 Å². The number of hydrogen-bond donors (Lipinski definition) is 1. The van der Waals surface area contributed by atoms with Crippen LogP contribution in [0.5, 0.6) is 0 Å². The Morgan fingerprint density at radius 1 is 1.14 bits per heavy atom. The van der Waals surface area contributed by atoms with Crippen LogP contribution < -0.4 is 5.32 Å². The molecule has 2 aromatic heterocycles. The zero-order valence-electron chi connectivity index (χ0n) is 15.6. The van der Waals surface area contributed by atoms with Crippen LogP contribution in [0.3, 0.4) is 0 Å². The Morgan fingerprint density at radius 3 is 2.82 bits per heavy atom. The molecule has 4 rings (SSSR count). The third-order valence-corrected chi connectivity index (χ3v) is 6.45. The molecule has 0 saturated heterocycles. The summed E-state index contributed by atoms with van der Waals surface area (Å²) in [6.45, 7) is 3.25. The number of aromatic nitrogens is 2. The van der Waals surface area contributed by atoms with E-state index in [0.29, 0.717) is 13.1 Å². The number of carbonyl (C=O) groups is 1. The van der Waals surface area contributed by atoms with Crippen molar-refractivity contribution in [3.05, 3.63) is 82.3 Å². The van der Waals surface area contributed by atoms with Gasteiger partial charge in [0.2, 0.25) is 0 Å². The summed E-state index contributed by atoms with van der Waals surface area (Å²) in [5.74, 6) is 1.80. The lowest BCUT2D eigenvalue weighted by atomic mass is 10.2. The second-order valence-electron chi connectivity index (χ2n) is 6.47. The van der Waals surface area contributed by atoms with Crippen LogP contribution in [0.15, 0.2) is 70.3 Å². The van der Waals surface area contributed by atoms with Crippen molar-refractivity contribution in [3.8, 4) is 0 Å². The summed E-state index contributed by atoms with van der Waals surface area (Å²) in [4.78, 5) is 18.3. The normalized spacial score (nSPS) is 11.0. The Balaban J connectivity index is 1.40. The maximum absolute atomic E-state index is 12.8. The van der Waals surface area contributed by atoms with E-state index in [4.69, 9.17) is 0 Å². The molecule has 0 saturated carbocycles. The number of thiophene rings is 1. The van der Waals surface area contributed by atoms with E-state index in [2.05, 4.69) is 37.8 Å². The van der Waals surface area contributed by atoms with Gasteiger partial charge in [-0.1, -0.05) is 24.3 Å². The second kappa shape index (κ2) is 8.63. The fourth-order valence-corrected chi connectivity index (χ4v) is 4.94. The number of imidazole rings is 1. The summed E-state index contributed by atoms with van der Waals surface area (Å²) in [6.07, 6.45) is 0. The zero-order chi connectivity index (χ0) is 19.3. The standard InChI is InChI=1S/C22H21N3OS2/c1-16-24-19-7-3-4-8-20(19)25(16)12-11-23-22(26)18-6-2-5-9-21(18)28-15-17-10-13-27-14-17/h2-10,13-14H,11-12,15H2,1H3,(H,23,26). The molecule has 2 aromatic carbocycles. The van der Waals surface area contributed by atoms with E-state index in [-0.39, 0.29) is 5.91 Å². The molecule has 2 heterocycles. The van der Waals surface area contributed by atoms with Crippen LogP contribution in [-0.4, -0.2) is 22.0 Å². The van der Waals surface area contributed by atoms with E-state index in [0.717, 1.165) is 33.1 Å². The topological polar surface area (TPSA) is 46.9 Å². The number of fused-ring (bicyclic) bond motifs is 1. The van der Waals surface area contributed by atoms with E-state index in [9.17, 15) is 4.79 Å². The van der Waals surface area contributed by atoms with Crippen LogP contribution in [0, 0.1) is 6.92 Å².